The normalized spacial score (nSPS) is 11.9. The van der Waals surface area contributed by atoms with Crippen LogP contribution in [0, 0.1) is 0 Å². The number of pyridine rings is 2. The number of hydrogen-bond acceptors (Lipinski definition) is 6. The van der Waals surface area contributed by atoms with Gasteiger partial charge in [-0.2, -0.15) is 0 Å². The van der Waals surface area contributed by atoms with E-state index in [-0.39, 0.29) is 0 Å². The predicted octanol–water partition coefficient (Wildman–Crippen LogP) is 4.25. The van der Waals surface area contributed by atoms with Crippen LogP contribution < -0.4 is 0 Å². The lowest BCUT2D eigenvalue weighted by Crippen LogP contribution is -2.07. The molecule has 3 rings (SSSR count). The maximum absolute atomic E-state index is 5.62. The summed E-state index contributed by atoms with van der Waals surface area (Å²) in [5, 5.41) is 8.29. The molecule has 0 bridgehead atoms. The standard InChI is InChI=1S/C23H24N4O2/c1-18(26-28-2)21-15-8-12-20(25-21)13-9-17-29-27-23(19-10-4-3-5-11-19)22-14-6-7-16-24-22/h3-8,10-12,14-16H,9,13,17H2,1-2H3. The van der Waals surface area contributed by atoms with Crippen LogP contribution in [0.5, 0.6) is 0 Å². The second-order valence-electron chi connectivity index (χ2n) is 6.33. The fourth-order valence-electron chi connectivity index (χ4n) is 2.78. The number of oxime groups is 2. The largest absolute Gasteiger partial charge is 0.399 e. The second kappa shape index (κ2) is 10.7. The molecule has 0 aliphatic heterocycles. The summed E-state index contributed by atoms with van der Waals surface area (Å²) in [5.74, 6) is 0. The van der Waals surface area contributed by atoms with Crippen molar-refractivity contribution < 1.29 is 9.68 Å². The number of aromatic nitrogens is 2. The lowest BCUT2D eigenvalue weighted by molar-refractivity contribution is 0.142. The van der Waals surface area contributed by atoms with Crippen molar-refractivity contribution in [2.75, 3.05) is 13.7 Å². The maximum Gasteiger partial charge on any atom is 0.135 e. The molecule has 6 heteroatoms. The van der Waals surface area contributed by atoms with Crippen LogP contribution in [0.4, 0.5) is 0 Å². The zero-order valence-electron chi connectivity index (χ0n) is 16.7. The molecular formula is C23H24N4O2. The van der Waals surface area contributed by atoms with Crippen molar-refractivity contribution in [3.05, 3.63) is 95.6 Å². The minimum Gasteiger partial charge on any atom is -0.399 e. The number of hydrogen-bond donors (Lipinski definition) is 0. The van der Waals surface area contributed by atoms with Gasteiger partial charge in [-0.25, -0.2) is 0 Å². The fourth-order valence-corrected chi connectivity index (χ4v) is 2.78. The average molecular weight is 388 g/mol. The van der Waals surface area contributed by atoms with Gasteiger partial charge in [-0.05, 0) is 44.0 Å². The van der Waals surface area contributed by atoms with E-state index in [0.29, 0.717) is 6.61 Å². The van der Waals surface area contributed by atoms with Crippen LogP contribution in [0.1, 0.15) is 36.0 Å². The van der Waals surface area contributed by atoms with Crippen molar-refractivity contribution in [1.82, 2.24) is 9.97 Å². The molecular weight excluding hydrogens is 364 g/mol. The van der Waals surface area contributed by atoms with E-state index in [4.69, 9.17) is 9.68 Å². The Balaban J connectivity index is 1.61. The summed E-state index contributed by atoms with van der Waals surface area (Å²) in [6.07, 6.45) is 3.33. The first-order chi connectivity index (χ1) is 14.3. The van der Waals surface area contributed by atoms with Gasteiger partial charge in [-0.1, -0.05) is 52.8 Å². The molecule has 2 heterocycles. The van der Waals surface area contributed by atoms with E-state index in [9.17, 15) is 0 Å². The third-order valence-corrected chi connectivity index (χ3v) is 4.18. The molecule has 0 aliphatic carbocycles. The van der Waals surface area contributed by atoms with Crippen LogP contribution in [0.25, 0.3) is 0 Å². The van der Waals surface area contributed by atoms with Gasteiger partial charge in [0.1, 0.15) is 25.1 Å². The Morgan fingerprint density at radius 1 is 0.897 bits per heavy atom. The molecule has 0 radical (unpaired) electrons. The van der Waals surface area contributed by atoms with E-state index in [1.165, 1.54) is 7.11 Å². The van der Waals surface area contributed by atoms with Gasteiger partial charge >= 0.3 is 0 Å². The maximum atomic E-state index is 5.62. The monoisotopic (exact) mass is 388 g/mol. The van der Waals surface area contributed by atoms with Crippen LogP contribution in [-0.2, 0) is 16.1 Å². The molecule has 0 saturated carbocycles. The van der Waals surface area contributed by atoms with Crippen molar-refractivity contribution >= 4 is 11.4 Å². The summed E-state index contributed by atoms with van der Waals surface area (Å²) in [5.41, 5.74) is 5.00. The molecule has 1 aromatic carbocycles. The van der Waals surface area contributed by atoms with Gasteiger partial charge in [0, 0.05) is 17.5 Å². The molecule has 0 spiro atoms. The van der Waals surface area contributed by atoms with Gasteiger partial charge in [0.2, 0.25) is 0 Å². The number of benzene rings is 1. The van der Waals surface area contributed by atoms with E-state index in [0.717, 1.165) is 46.9 Å². The highest BCUT2D eigenvalue weighted by Gasteiger charge is 2.08. The number of rotatable bonds is 9. The van der Waals surface area contributed by atoms with Crippen molar-refractivity contribution in [2.45, 2.75) is 19.8 Å². The molecule has 6 nitrogen and oxygen atoms in total. The third-order valence-electron chi connectivity index (χ3n) is 4.18. The zero-order valence-corrected chi connectivity index (χ0v) is 16.7. The first-order valence-electron chi connectivity index (χ1n) is 9.49. The molecule has 0 unspecified atom stereocenters. The van der Waals surface area contributed by atoms with E-state index in [1.807, 2.05) is 73.7 Å². The highest BCUT2D eigenvalue weighted by molar-refractivity contribution is 6.11. The minimum absolute atomic E-state index is 0.486. The molecule has 0 saturated heterocycles. The van der Waals surface area contributed by atoms with Crippen molar-refractivity contribution in [3.63, 3.8) is 0 Å². The molecule has 0 atom stereocenters. The number of aryl methyl sites for hydroxylation is 1. The van der Waals surface area contributed by atoms with Gasteiger partial charge < -0.3 is 9.68 Å². The lowest BCUT2D eigenvalue weighted by atomic mass is 10.1. The Labute approximate surface area is 170 Å². The van der Waals surface area contributed by atoms with Crippen LogP contribution in [-0.4, -0.2) is 35.1 Å². The minimum atomic E-state index is 0.486. The molecule has 0 N–H and O–H groups in total. The van der Waals surface area contributed by atoms with E-state index >= 15 is 0 Å². The Kier molecular flexibility index (Phi) is 7.46. The predicted molar refractivity (Wildman–Crippen MR) is 114 cm³/mol. The smallest absolute Gasteiger partial charge is 0.135 e. The quantitative estimate of drug-likeness (QED) is 0.312. The van der Waals surface area contributed by atoms with Gasteiger partial charge in [0.05, 0.1) is 11.4 Å². The molecule has 0 amide bonds. The second-order valence-corrected chi connectivity index (χ2v) is 6.33. The van der Waals surface area contributed by atoms with Crippen LogP contribution in [0.15, 0.2) is 83.2 Å². The first-order valence-corrected chi connectivity index (χ1v) is 9.49. The van der Waals surface area contributed by atoms with Gasteiger partial charge in [-0.15, -0.1) is 0 Å². The van der Waals surface area contributed by atoms with Gasteiger partial charge in [-0.3, -0.25) is 9.97 Å². The summed E-state index contributed by atoms with van der Waals surface area (Å²) in [7, 11) is 1.53. The van der Waals surface area contributed by atoms with Crippen LogP contribution in [0.3, 0.4) is 0 Å². The van der Waals surface area contributed by atoms with Crippen molar-refractivity contribution in [3.8, 4) is 0 Å². The molecule has 3 aromatic rings. The first kappa shape index (κ1) is 20.2. The summed E-state index contributed by atoms with van der Waals surface area (Å²) < 4.78 is 0. The highest BCUT2D eigenvalue weighted by Crippen LogP contribution is 2.10. The number of nitrogens with zero attached hydrogens (tertiary/aromatic N) is 4. The van der Waals surface area contributed by atoms with Gasteiger partial charge in [0.25, 0.3) is 0 Å². The summed E-state index contributed by atoms with van der Waals surface area (Å²) >= 11 is 0. The van der Waals surface area contributed by atoms with E-state index in [2.05, 4.69) is 20.3 Å². The zero-order chi connectivity index (χ0) is 20.3. The van der Waals surface area contributed by atoms with Crippen molar-refractivity contribution in [2.24, 2.45) is 10.3 Å². The van der Waals surface area contributed by atoms with Crippen LogP contribution in [0.2, 0.25) is 0 Å². The summed E-state index contributed by atoms with van der Waals surface area (Å²) in [4.78, 5) is 19.4. The third kappa shape index (κ3) is 5.97. The Hall–Kier alpha value is -3.54. The molecule has 148 valence electrons. The van der Waals surface area contributed by atoms with Crippen LogP contribution >= 0.6 is 0 Å². The lowest BCUT2D eigenvalue weighted by Gasteiger charge is -2.07. The average Bonchev–Trinajstić information content (AvgIpc) is 2.78. The van der Waals surface area contributed by atoms with Crippen molar-refractivity contribution in [1.29, 1.82) is 0 Å². The Bertz CT molecular complexity index is 915. The summed E-state index contributed by atoms with van der Waals surface area (Å²) in [6.45, 7) is 2.36. The van der Waals surface area contributed by atoms with E-state index in [1.54, 1.807) is 6.20 Å². The molecule has 2 aromatic heterocycles. The molecule has 29 heavy (non-hydrogen) atoms. The molecule has 0 aliphatic rings. The molecule has 0 fully saturated rings. The Morgan fingerprint density at radius 3 is 2.45 bits per heavy atom. The topological polar surface area (TPSA) is 69.0 Å². The SMILES string of the molecule is CON=C(C)c1cccc(CCCON=C(c2ccccc2)c2ccccn2)n1. The summed E-state index contributed by atoms with van der Waals surface area (Å²) in [6, 6.07) is 21.5. The van der Waals surface area contributed by atoms with Gasteiger partial charge in [0.15, 0.2) is 0 Å². The van der Waals surface area contributed by atoms with E-state index < -0.39 is 0 Å². The highest BCUT2D eigenvalue weighted by atomic mass is 16.6. The fraction of sp³-hybridized carbons (Fsp3) is 0.217. The Morgan fingerprint density at radius 2 is 1.69 bits per heavy atom.